The van der Waals surface area contributed by atoms with Crippen LogP contribution in [0, 0.1) is 0 Å². The lowest BCUT2D eigenvalue weighted by Crippen LogP contribution is -2.29. The number of carbonyl (C=O) groups excluding carboxylic acids is 1. The molecule has 0 aliphatic carbocycles. The van der Waals surface area contributed by atoms with Crippen LogP contribution in [0.2, 0.25) is 0 Å². The van der Waals surface area contributed by atoms with Crippen LogP contribution >= 0.6 is 11.3 Å². The Balaban J connectivity index is 1.47. The SMILES string of the molecule is CC(C)c1ccc(N(C(=O)CCn2cnc3c(cnn3C)c2=O)c2nc3ccccc3s2)cc1. The van der Waals surface area contributed by atoms with Crippen molar-refractivity contribution in [3.8, 4) is 0 Å². The summed E-state index contributed by atoms with van der Waals surface area (Å²) in [5.41, 5.74) is 3.11. The highest BCUT2D eigenvalue weighted by molar-refractivity contribution is 7.22. The van der Waals surface area contributed by atoms with Gasteiger partial charge in [0.25, 0.3) is 5.56 Å². The lowest BCUT2D eigenvalue weighted by Gasteiger charge is -2.21. The van der Waals surface area contributed by atoms with Gasteiger partial charge in [0.1, 0.15) is 5.39 Å². The number of amides is 1. The Kier molecular flexibility index (Phi) is 5.70. The normalized spacial score (nSPS) is 11.5. The number of nitrogens with zero attached hydrogens (tertiary/aromatic N) is 6. The largest absolute Gasteiger partial charge is 0.298 e. The van der Waals surface area contributed by atoms with Crippen molar-refractivity contribution < 1.29 is 4.79 Å². The van der Waals surface area contributed by atoms with Crippen LogP contribution in [-0.4, -0.2) is 30.2 Å². The van der Waals surface area contributed by atoms with Gasteiger partial charge in [0, 0.05) is 20.0 Å². The summed E-state index contributed by atoms with van der Waals surface area (Å²) in [5.74, 6) is 0.247. The van der Waals surface area contributed by atoms with E-state index in [1.807, 2.05) is 48.5 Å². The molecule has 34 heavy (non-hydrogen) atoms. The Morgan fingerprint density at radius 1 is 1.12 bits per heavy atom. The van der Waals surface area contributed by atoms with Gasteiger partial charge in [0.15, 0.2) is 10.8 Å². The second-order valence-corrected chi connectivity index (χ2v) is 9.45. The van der Waals surface area contributed by atoms with Crippen LogP contribution in [0.1, 0.15) is 31.7 Å². The third-order valence-electron chi connectivity index (χ3n) is 5.83. The molecule has 1 amide bonds. The highest BCUT2D eigenvalue weighted by Crippen LogP contribution is 2.34. The van der Waals surface area contributed by atoms with Crippen molar-refractivity contribution in [3.63, 3.8) is 0 Å². The van der Waals surface area contributed by atoms with Crippen LogP contribution in [0.3, 0.4) is 0 Å². The van der Waals surface area contributed by atoms with Gasteiger partial charge in [-0.25, -0.2) is 9.97 Å². The maximum atomic E-state index is 13.5. The molecule has 0 spiro atoms. The summed E-state index contributed by atoms with van der Waals surface area (Å²) in [6.07, 6.45) is 3.10. The van der Waals surface area contributed by atoms with Crippen LogP contribution in [0.25, 0.3) is 21.3 Å². The van der Waals surface area contributed by atoms with E-state index in [-0.39, 0.29) is 24.4 Å². The number of thiazole rings is 1. The zero-order chi connectivity index (χ0) is 23.8. The predicted octanol–water partition coefficient (Wildman–Crippen LogP) is 4.62. The molecule has 5 rings (SSSR count). The number of carbonyl (C=O) groups is 1. The van der Waals surface area contributed by atoms with Crippen LogP contribution < -0.4 is 10.5 Å². The molecule has 0 saturated heterocycles. The molecule has 0 unspecified atom stereocenters. The first-order valence-corrected chi connectivity index (χ1v) is 11.9. The minimum atomic E-state index is -0.210. The highest BCUT2D eigenvalue weighted by atomic mass is 32.1. The van der Waals surface area contributed by atoms with E-state index in [2.05, 4.69) is 23.9 Å². The summed E-state index contributed by atoms with van der Waals surface area (Å²) < 4.78 is 4.03. The van der Waals surface area contributed by atoms with Gasteiger partial charge in [0.05, 0.1) is 28.4 Å². The minimum absolute atomic E-state index is 0.120. The maximum Gasteiger partial charge on any atom is 0.264 e. The van der Waals surface area contributed by atoms with Gasteiger partial charge in [0.2, 0.25) is 5.91 Å². The van der Waals surface area contributed by atoms with Crippen molar-refractivity contribution in [2.45, 2.75) is 32.7 Å². The highest BCUT2D eigenvalue weighted by Gasteiger charge is 2.22. The molecule has 8 nitrogen and oxygen atoms in total. The van der Waals surface area contributed by atoms with Crippen molar-refractivity contribution in [1.82, 2.24) is 24.3 Å². The zero-order valence-corrected chi connectivity index (χ0v) is 20.0. The number of fused-ring (bicyclic) bond motifs is 2. The molecule has 5 aromatic rings. The van der Waals surface area contributed by atoms with Crippen molar-refractivity contribution in [2.24, 2.45) is 7.05 Å². The number of hydrogen-bond donors (Lipinski definition) is 0. The van der Waals surface area contributed by atoms with E-state index in [4.69, 9.17) is 4.98 Å². The van der Waals surface area contributed by atoms with E-state index < -0.39 is 0 Å². The summed E-state index contributed by atoms with van der Waals surface area (Å²) in [6.45, 7) is 4.48. The fourth-order valence-corrected chi connectivity index (χ4v) is 4.88. The van der Waals surface area contributed by atoms with E-state index in [9.17, 15) is 9.59 Å². The third kappa shape index (κ3) is 3.99. The van der Waals surface area contributed by atoms with Crippen molar-refractivity contribution >= 4 is 49.3 Å². The molecule has 0 bridgehead atoms. The first-order valence-electron chi connectivity index (χ1n) is 11.1. The number of aryl methyl sites for hydroxylation is 2. The molecular formula is C25H24N6O2S. The van der Waals surface area contributed by atoms with Gasteiger partial charge in [-0.2, -0.15) is 5.10 Å². The molecule has 3 heterocycles. The van der Waals surface area contributed by atoms with Crippen LogP contribution in [0.4, 0.5) is 10.8 Å². The fourth-order valence-electron chi connectivity index (χ4n) is 3.88. The Morgan fingerprint density at radius 3 is 2.62 bits per heavy atom. The van der Waals surface area contributed by atoms with Crippen LogP contribution in [0.15, 0.2) is 65.8 Å². The Labute approximate surface area is 200 Å². The first kappa shape index (κ1) is 22.0. The molecule has 9 heteroatoms. The summed E-state index contributed by atoms with van der Waals surface area (Å²) >= 11 is 1.47. The monoisotopic (exact) mass is 472 g/mol. The fraction of sp³-hybridized carbons (Fsp3) is 0.240. The summed E-state index contributed by atoms with van der Waals surface area (Å²) in [5, 5.41) is 5.14. The predicted molar refractivity (Wildman–Crippen MR) is 135 cm³/mol. The van der Waals surface area contributed by atoms with Crippen molar-refractivity contribution in [1.29, 1.82) is 0 Å². The zero-order valence-electron chi connectivity index (χ0n) is 19.2. The average Bonchev–Trinajstić information content (AvgIpc) is 3.43. The van der Waals surface area contributed by atoms with Gasteiger partial charge in [-0.3, -0.25) is 23.7 Å². The van der Waals surface area contributed by atoms with E-state index in [0.29, 0.717) is 22.1 Å². The van der Waals surface area contributed by atoms with Gasteiger partial charge in [-0.05, 0) is 35.7 Å². The Bertz CT molecular complexity index is 1510. The summed E-state index contributed by atoms with van der Waals surface area (Å²) in [7, 11) is 1.74. The number of aromatic nitrogens is 5. The van der Waals surface area contributed by atoms with Gasteiger partial charge < -0.3 is 0 Å². The molecule has 0 fully saturated rings. The van der Waals surface area contributed by atoms with Gasteiger partial charge in [-0.1, -0.05) is 49.4 Å². The molecule has 0 atom stereocenters. The van der Waals surface area contributed by atoms with Gasteiger partial charge in [-0.15, -0.1) is 0 Å². The lowest BCUT2D eigenvalue weighted by molar-refractivity contribution is -0.118. The third-order valence-corrected chi connectivity index (χ3v) is 6.85. The van der Waals surface area contributed by atoms with Gasteiger partial charge >= 0.3 is 0 Å². The number of anilines is 2. The van der Waals surface area contributed by atoms with E-state index in [1.165, 1.54) is 34.0 Å². The molecule has 0 aliphatic rings. The second-order valence-electron chi connectivity index (χ2n) is 8.44. The molecule has 172 valence electrons. The lowest BCUT2D eigenvalue weighted by atomic mass is 10.0. The Hall–Kier alpha value is -3.85. The number of para-hydroxylation sites is 1. The quantitative estimate of drug-likeness (QED) is 0.360. The topological polar surface area (TPSA) is 85.9 Å². The second kappa shape index (κ2) is 8.83. The molecular weight excluding hydrogens is 448 g/mol. The molecule has 2 aromatic carbocycles. The maximum absolute atomic E-state index is 13.5. The molecule has 0 saturated carbocycles. The van der Waals surface area contributed by atoms with E-state index in [1.54, 1.807) is 16.6 Å². The molecule has 0 radical (unpaired) electrons. The smallest absolute Gasteiger partial charge is 0.264 e. The Morgan fingerprint density at radius 2 is 1.88 bits per heavy atom. The summed E-state index contributed by atoms with van der Waals surface area (Å²) in [6, 6.07) is 15.8. The number of benzene rings is 2. The van der Waals surface area contributed by atoms with Crippen LogP contribution in [-0.2, 0) is 18.4 Å². The molecule has 0 N–H and O–H groups in total. The molecule has 3 aromatic heterocycles. The van der Waals surface area contributed by atoms with Crippen molar-refractivity contribution in [2.75, 3.05) is 4.90 Å². The standard InChI is InChI=1S/C25H24N6O2S/c1-16(2)17-8-10-18(11-9-17)31(25-28-20-6-4-5-7-21(20)34-25)22(32)12-13-30-15-26-23-19(24(30)33)14-27-29(23)3/h4-11,14-16H,12-13H2,1-3H3. The van der Waals surface area contributed by atoms with Crippen molar-refractivity contribution in [3.05, 3.63) is 77.0 Å². The van der Waals surface area contributed by atoms with E-state index >= 15 is 0 Å². The number of rotatable bonds is 6. The minimum Gasteiger partial charge on any atom is -0.298 e. The first-order chi connectivity index (χ1) is 16.4. The van der Waals surface area contributed by atoms with E-state index in [0.717, 1.165) is 15.9 Å². The molecule has 0 aliphatic heterocycles. The summed E-state index contributed by atoms with van der Waals surface area (Å²) in [4.78, 5) is 37.0. The van der Waals surface area contributed by atoms with Crippen LogP contribution in [0.5, 0.6) is 0 Å². The number of hydrogen-bond acceptors (Lipinski definition) is 6. The average molecular weight is 473 g/mol.